The molecule has 116 valence electrons. The van der Waals surface area contributed by atoms with Crippen molar-refractivity contribution in [3.63, 3.8) is 0 Å². The van der Waals surface area contributed by atoms with Gasteiger partial charge in [-0.3, -0.25) is 0 Å². The van der Waals surface area contributed by atoms with Gasteiger partial charge in [0.15, 0.2) is 5.79 Å². The second kappa shape index (κ2) is 12.0. The lowest BCUT2D eigenvalue weighted by Crippen LogP contribution is -2.42. The van der Waals surface area contributed by atoms with Gasteiger partial charge < -0.3 is 9.47 Å². The first kappa shape index (κ1) is 19.3. The number of hydrogen-bond acceptors (Lipinski definition) is 3. The van der Waals surface area contributed by atoms with Crippen LogP contribution in [0.3, 0.4) is 0 Å². The summed E-state index contributed by atoms with van der Waals surface area (Å²) in [5, 5.41) is 0. The Hall–Kier alpha value is 0.270. The Balaban J connectivity index is 4.07. The average Bonchev–Trinajstić information content (AvgIpc) is 2.38. The van der Waals surface area contributed by atoms with Gasteiger partial charge in [-0.15, -0.1) is 0 Å². The Morgan fingerprint density at radius 2 is 1.42 bits per heavy atom. The summed E-state index contributed by atoms with van der Waals surface area (Å²) in [6, 6.07) is 0. The predicted octanol–water partition coefficient (Wildman–Crippen LogP) is 5.07. The van der Waals surface area contributed by atoms with Crippen molar-refractivity contribution in [1.82, 2.24) is 0 Å². The van der Waals surface area contributed by atoms with E-state index in [9.17, 15) is 0 Å². The number of hydrogen-bond donors (Lipinski definition) is 1. The van der Waals surface area contributed by atoms with Crippen LogP contribution in [0.2, 0.25) is 0 Å². The highest BCUT2D eigenvalue weighted by Gasteiger charge is 2.34. The first-order valence-electron chi connectivity index (χ1n) is 8.03. The highest BCUT2D eigenvalue weighted by Crippen LogP contribution is 2.29. The Kier molecular flexibility index (Phi) is 12.2. The lowest BCUT2D eigenvalue weighted by molar-refractivity contribution is -0.248. The van der Waals surface area contributed by atoms with Crippen molar-refractivity contribution < 1.29 is 9.47 Å². The van der Waals surface area contributed by atoms with E-state index < -0.39 is 5.79 Å². The van der Waals surface area contributed by atoms with Crippen LogP contribution in [0.1, 0.15) is 72.6 Å². The van der Waals surface area contributed by atoms with Crippen molar-refractivity contribution in [2.24, 2.45) is 5.92 Å². The molecule has 0 heterocycles. The van der Waals surface area contributed by atoms with E-state index in [4.69, 9.17) is 9.47 Å². The predicted molar refractivity (Wildman–Crippen MR) is 87.0 cm³/mol. The summed E-state index contributed by atoms with van der Waals surface area (Å²) in [5.74, 6) is 0.738. The molecule has 0 amide bonds. The summed E-state index contributed by atoms with van der Waals surface area (Å²) >= 11 is 4.49. The molecule has 2 nitrogen and oxygen atoms in total. The Bertz CT molecular complexity index is 191. The normalized spacial score (nSPS) is 13.7. The molecule has 19 heavy (non-hydrogen) atoms. The van der Waals surface area contributed by atoms with Crippen molar-refractivity contribution in [2.75, 3.05) is 19.0 Å². The second-order valence-electron chi connectivity index (χ2n) is 5.32. The molecule has 0 saturated carbocycles. The minimum Gasteiger partial charge on any atom is -0.350 e. The standard InChI is InChI=1S/C16H34O2S/c1-5-8-9-10-11-12-13-15(14-19)16(4,17-6-2)18-7-3/h15,19H,5-14H2,1-4H3. The zero-order chi connectivity index (χ0) is 14.6. The summed E-state index contributed by atoms with van der Waals surface area (Å²) < 4.78 is 11.7. The molecule has 0 rings (SSSR count). The summed E-state index contributed by atoms with van der Waals surface area (Å²) in [5.41, 5.74) is 0. The lowest BCUT2D eigenvalue weighted by atomic mass is 9.94. The molecule has 3 heteroatoms. The van der Waals surface area contributed by atoms with Crippen LogP contribution in [-0.4, -0.2) is 24.8 Å². The third-order valence-corrected chi connectivity index (χ3v) is 4.17. The Morgan fingerprint density at radius 3 is 1.89 bits per heavy atom. The van der Waals surface area contributed by atoms with Gasteiger partial charge in [0.2, 0.25) is 0 Å². The maximum absolute atomic E-state index is 5.85. The molecular weight excluding hydrogens is 256 g/mol. The van der Waals surface area contributed by atoms with Crippen molar-refractivity contribution in [1.29, 1.82) is 0 Å². The van der Waals surface area contributed by atoms with E-state index in [0.29, 0.717) is 19.1 Å². The molecule has 0 spiro atoms. The average molecular weight is 291 g/mol. The first-order valence-corrected chi connectivity index (χ1v) is 8.66. The van der Waals surface area contributed by atoms with Crippen LogP contribution in [-0.2, 0) is 9.47 Å². The van der Waals surface area contributed by atoms with Gasteiger partial charge in [0.1, 0.15) is 0 Å². The zero-order valence-electron chi connectivity index (χ0n) is 13.4. The van der Waals surface area contributed by atoms with Crippen molar-refractivity contribution in [2.45, 2.75) is 78.4 Å². The van der Waals surface area contributed by atoms with Crippen LogP contribution in [0.25, 0.3) is 0 Å². The lowest BCUT2D eigenvalue weighted by Gasteiger charge is -2.36. The van der Waals surface area contributed by atoms with Crippen LogP contribution in [0, 0.1) is 5.92 Å². The Labute approximate surface area is 126 Å². The van der Waals surface area contributed by atoms with Crippen molar-refractivity contribution in [3.05, 3.63) is 0 Å². The number of rotatable bonds is 13. The molecule has 0 aliphatic carbocycles. The SMILES string of the molecule is CCCCCCCCC(CS)C(C)(OCC)OCC. The molecule has 0 aromatic rings. The van der Waals surface area contributed by atoms with Gasteiger partial charge in [0.05, 0.1) is 0 Å². The zero-order valence-corrected chi connectivity index (χ0v) is 14.3. The third-order valence-electron chi connectivity index (χ3n) is 3.73. The van der Waals surface area contributed by atoms with Gasteiger partial charge in [0, 0.05) is 19.1 Å². The smallest absolute Gasteiger partial charge is 0.169 e. The fraction of sp³-hybridized carbons (Fsp3) is 1.00. The molecule has 0 N–H and O–H groups in total. The number of thiol groups is 1. The molecule has 1 atom stereocenters. The van der Waals surface area contributed by atoms with Gasteiger partial charge in [0.25, 0.3) is 0 Å². The largest absolute Gasteiger partial charge is 0.350 e. The van der Waals surface area contributed by atoms with Crippen LogP contribution in [0.4, 0.5) is 0 Å². The van der Waals surface area contributed by atoms with Crippen LogP contribution >= 0.6 is 12.6 Å². The van der Waals surface area contributed by atoms with Gasteiger partial charge >= 0.3 is 0 Å². The minimum atomic E-state index is -0.464. The van der Waals surface area contributed by atoms with Crippen LogP contribution in [0.15, 0.2) is 0 Å². The summed E-state index contributed by atoms with van der Waals surface area (Å²) in [6.45, 7) is 9.76. The topological polar surface area (TPSA) is 18.5 Å². The van der Waals surface area contributed by atoms with Crippen molar-refractivity contribution in [3.8, 4) is 0 Å². The fourth-order valence-corrected chi connectivity index (χ4v) is 3.06. The van der Waals surface area contributed by atoms with E-state index in [1.807, 2.05) is 13.8 Å². The summed E-state index contributed by atoms with van der Waals surface area (Å²) in [4.78, 5) is 0. The molecule has 0 fully saturated rings. The van der Waals surface area contributed by atoms with E-state index in [-0.39, 0.29) is 0 Å². The maximum Gasteiger partial charge on any atom is 0.169 e. The minimum absolute atomic E-state index is 0.377. The molecule has 0 aromatic heterocycles. The molecule has 0 aliphatic rings. The molecule has 0 radical (unpaired) electrons. The summed E-state index contributed by atoms with van der Waals surface area (Å²) in [6.07, 6.45) is 9.12. The Morgan fingerprint density at radius 1 is 0.895 bits per heavy atom. The monoisotopic (exact) mass is 290 g/mol. The molecule has 0 aliphatic heterocycles. The van der Waals surface area contributed by atoms with E-state index in [0.717, 1.165) is 12.2 Å². The highest BCUT2D eigenvalue weighted by atomic mass is 32.1. The van der Waals surface area contributed by atoms with Gasteiger partial charge in [-0.25, -0.2) is 0 Å². The van der Waals surface area contributed by atoms with Crippen molar-refractivity contribution >= 4 is 12.6 Å². The van der Waals surface area contributed by atoms with Gasteiger partial charge in [-0.05, 0) is 32.9 Å². The molecule has 1 unspecified atom stereocenters. The third kappa shape index (κ3) is 8.21. The van der Waals surface area contributed by atoms with E-state index in [1.54, 1.807) is 0 Å². The van der Waals surface area contributed by atoms with Crippen LogP contribution < -0.4 is 0 Å². The first-order chi connectivity index (χ1) is 9.14. The molecule has 0 bridgehead atoms. The maximum atomic E-state index is 5.85. The fourth-order valence-electron chi connectivity index (χ4n) is 2.54. The molecule has 0 aromatic carbocycles. The van der Waals surface area contributed by atoms with E-state index in [1.165, 1.54) is 38.5 Å². The van der Waals surface area contributed by atoms with Gasteiger partial charge in [-0.1, -0.05) is 45.4 Å². The number of unbranched alkanes of at least 4 members (excludes halogenated alkanes) is 5. The van der Waals surface area contributed by atoms with E-state index in [2.05, 4.69) is 26.5 Å². The van der Waals surface area contributed by atoms with Crippen LogP contribution in [0.5, 0.6) is 0 Å². The van der Waals surface area contributed by atoms with Gasteiger partial charge in [-0.2, -0.15) is 12.6 Å². The number of ether oxygens (including phenoxy) is 2. The summed E-state index contributed by atoms with van der Waals surface area (Å²) in [7, 11) is 0. The quantitative estimate of drug-likeness (QED) is 0.290. The molecule has 0 saturated heterocycles. The van der Waals surface area contributed by atoms with E-state index >= 15 is 0 Å². The highest BCUT2D eigenvalue weighted by molar-refractivity contribution is 7.80. The second-order valence-corrected chi connectivity index (χ2v) is 5.68. The molecular formula is C16H34O2S.